The van der Waals surface area contributed by atoms with Crippen LogP contribution in [-0.4, -0.2) is 66.0 Å². The summed E-state index contributed by atoms with van der Waals surface area (Å²) in [6.07, 6.45) is 6.91. The molecule has 7 heteroatoms. The summed E-state index contributed by atoms with van der Waals surface area (Å²) in [7, 11) is 2.23. The van der Waals surface area contributed by atoms with Crippen molar-refractivity contribution in [2.24, 2.45) is 0 Å². The van der Waals surface area contributed by atoms with E-state index in [0.717, 1.165) is 74.2 Å². The zero-order chi connectivity index (χ0) is 19.6. The molecule has 2 saturated heterocycles. The number of benzene rings is 1. The Morgan fingerprint density at radius 2 is 1.90 bits per heavy atom. The average Bonchev–Trinajstić information content (AvgIpc) is 2.88. The molecule has 164 valence electrons. The molecule has 1 aromatic carbocycles. The molecule has 30 heavy (non-hydrogen) atoms. The van der Waals surface area contributed by atoms with Crippen LogP contribution >= 0.6 is 24.8 Å². The lowest BCUT2D eigenvalue weighted by molar-refractivity contribution is 0.0507. The van der Waals surface area contributed by atoms with Gasteiger partial charge >= 0.3 is 0 Å². The zero-order valence-electron chi connectivity index (χ0n) is 17.8. The molecule has 5 nitrogen and oxygen atoms in total. The minimum Gasteiger partial charge on any atom is -0.337 e. The van der Waals surface area contributed by atoms with Crippen molar-refractivity contribution in [3.8, 4) is 11.1 Å². The number of aryl methyl sites for hydroxylation is 1. The molecule has 0 atom stereocenters. The van der Waals surface area contributed by atoms with Crippen LogP contribution in [0.5, 0.6) is 0 Å². The number of pyridine rings is 1. The molecule has 2 fully saturated rings. The number of carbonyl (C=O) groups excluding carboxylic acids is 1. The molecule has 1 aromatic heterocycles. The van der Waals surface area contributed by atoms with Gasteiger partial charge in [-0.25, -0.2) is 0 Å². The van der Waals surface area contributed by atoms with Gasteiger partial charge in [-0.2, -0.15) is 0 Å². The first-order valence-electron chi connectivity index (χ1n) is 10.3. The molecule has 1 amide bonds. The Labute approximate surface area is 192 Å². The molecule has 0 saturated carbocycles. The van der Waals surface area contributed by atoms with Crippen molar-refractivity contribution in [1.82, 2.24) is 20.1 Å². The summed E-state index contributed by atoms with van der Waals surface area (Å²) in [6.45, 7) is 6.83. The summed E-state index contributed by atoms with van der Waals surface area (Å²) >= 11 is 0. The summed E-state index contributed by atoms with van der Waals surface area (Å²) in [6, 6.07) is 10.1. The maximum Gasteiger partial charge on any atom is 0.253 e. The van der Waals surface area contributed by atoms with Crippen molar-refractivity contribution in [2.45, 2.75) is 31.7 Å². The topological polar surface area (TPSA) is 48.5 Å². The molecule has 1 spiro atoms. The van der Waals surface area contributed by atoms with Crippen molar-refractivity contribution >= 4 is 30.7 Å². The third-order valence-corrected chi connectivity index (χ3v) is 6.48. The van der Waals surface area contributed by atoms with Crippen LogP contribution in [0.25, 0.3) is 11.1 Å². The molecule has 1 N–H and O–H groups in total. The van der Waals surface area contributed by atoms with Gasteiger partial charge < -0.3 is 10.2 Å². The number of piperidine rings is 1. The molecule has 0 aliphatic carbocycles. The maximum atomic E-state index is 13.4. The summed E-state index contributed by atoms with van der Waals surface area (Å²) in [5.74, 6) is 0.154. The standard InChI is InChI=1S/C23H30N4O.2ClH/c1-18-16-25-10-7-21(18)19-5-3-6-20(15-19)22(28)27-14-4-13-26(2)23(17-27)8-11-24-12-9-23;;/h3,5-7,10,15-16,24H,4,8-9,11-14,17H2,1-2H3;2*1H. The molecule has 0 radical (unpaired) electrons. The van der Waals surface area contributed by atoms with Gasteiger partial charge in [0.1, 0.15) is 0 Å². The molecule has 0 bridgehead atoms. The van der Waals surface area contributed by atoms with E-state index in [2.05, 4.69) is 40.1 Å². The molecule has 4 rings (SSSR count). The van der Waals surface area contributed by atoms with Crippen molar-refractivity contribution in [2.75, 3.05) is 39.8 Å². The van der Waals surface area contributed by atoms with Gasteiger partial charge in [0.15, 0.2) is 0 Å². The number of carbonyl (C=O) groups is 1. The van der Waals surface area contributed by atoms with Gasteiger partial charge in [0.25, 0.3) is 5.91 Å². The number of hydrogen-bond donors (Lipinski definition) is 1. The lowest BCUT2D eigenvalue weighted by Crippen LogP contribution is -2.58. The fourth-order valence-electron chi connectivity index (χ4n) is 4.70. The minimum atomic E-state index is 0. The van der Waals surface area contributed by atoms with E-state index >= 15 is 0 Å². The van der Waals surface area contributed by atoms with Crippen LogP contribution in [-0.2, 0) is 0 Å². The molecule has 2 aromatic rings. The number of likely N-dealkylation sites (N-methyl/N-ethyl adjacent to an activating group) is 1. The number of nitrogens with zero attached hydrogens (tertiary/aromatic N) is 3. The number of nitrogens with one attached hydrogen (secondary N) is 1. The minimum absolute atomic E-state index is 0. The first-order valence-corrected chi connectivity index (χ1v) is 10.3. The van der Waals surface area contributed by atoms with Crippen LogP contribution < -0.4 is 5.32 Å². The summed E-state index contributed by atoms with van der Waals surface area (Å²) in [5, 5.41) is 3.47. The van der Waals surface area contributed by atoms with Crippen molar-refractivity contribution in [3.63, 3.8) is 0 Å². The highest BCUT2D eigenvalue weighted by molar-refractivity contribution is 5.95. The van der Waals surface area contributed by atoms with Crippen LogP contribution in [0.15, 0.2) is 42.7 Å². The first-order chi connectivity index (χ1) is 13.6. The van der Waals surface area contributed by atoms with E-state index in [-0.39, 0.29) is 36.3 Å². The number of hydrogen-bond acceptors (Lipinski definition) is 4. The monoisotopic (exact) mass is 450 g/mol. The predicted octanol–water partition coefficient (Wildman–Crippen LogP) is 3.80. The molecular weight excluding hydrogens is 419 g/mol. The van der Waals surface area contributed by atoms with E-state index in [1.165, 1.54) is 0 Å². The zero-order valence-corrected chi connectivity index (χ0v) is 19.4. The van der Waals surface area contributed by atoms with Crippen molar-refractivity contribution in [1.29, 1.82) is 0 Å². The Morgan fingerprint density at radius 1 is 1.13 bits per heavy atom. The summed E-state index contributed by atoms with van der Waals surface area (Å²) in [5.41, 5.74) is 4.22. The second-order valence-corrected chi connectivity index (χ2v) is 8.25. The normalized spacial score (nSPS) is 18.8. The largest absolute Gasteiger partial charge is 0.337 e. The van der Waals surface area contributed by atoms with Crippen LogP contribution in [0.1, 0.15) is 35.2 Å². The summed E-state index contributed by atoms with van der Waals surface area (Å²) < 4.78 is 0. The Kier molecular flexibility index (Phi) is 8.68. The van der Waals surface area contributed by atoms with Crippen LogP contribution in [0, 0.1) is 6.92 Å². The van der Waals surface area contributed by atoms with Crippen LogP contribution in [0.2, 0.25) is 0 Å². The molecule has 0 unspecified atom stereocenters. The molecule has 3 heterocycles. The van der Waals surface area contributed by atoms with Gasteiger partial charge in [-0.1, -0.05) is 12.1 Å². The Balaban J connectivity index is 0.00000160. The quantitative estimate of drug-likeness (QED) is 0.755. The lowest BCUT2D eigenvalue weighted by Gasteiger charge is -2.45. The van der Waals surface area contributed by atoms with Gasteiger partial charge in [-0.05, 0) is 81.2 Å². The van der Waals surface area contributed by atoms with Gasteiger partial charge in [-0.3, -0.25) is 14.7 Å². The Bertz CT molecular complexity index is 855. The third-order valence-electron chi connectivity index (χ3n) is 6.48. The Hall–Kier alpha value is -1.66. The van der Waals surface area contributed by atoms with Crippen LogP contribution in [0.3, 0.4) is 0 Å². The lowest BCUT2D eigenvalue weighted by atomic mass is 9.86. The van der Waals surface area contributed by atoms with Gasteiger partial charge in [0, 0.05) is 43.1 Å². The highest BCUT2D eigenvalue weighted by atomic mass is 35.5. The van der Waals surface area contributed by atoms with Crippen LogP contribution in [0.4, 0.5) is 0 Å². The van der Waals surface area contributed by atoms with Crippen molar-refractivity contribution in [3.05, 3.63) is 53.9 Å². The van der Waals surface area contributed by atoms with Gasteiger partial charge in [-0.15, -0.1) is 24.8 Å². The van der Waals surface area contributed by atoms with E-state index in [1.807, 2.05) is 36.7 Å². The van der Waals surface area contributed by atoms with Gasteiger partial charge in [0.2, 0.25) is 0 Å². The predicted molar refractivity (Wildman–Crippen MR) is 127 cm³/mol. The highest BCUT2D eigenvalue weighted by Crippen LogP contribution is 2.30. The number of amides is 1. The number of aromatic nitrogens is 1. The van der Waals surface area contributed by atoms with E-state index in [0.29, 0.717) is 0 Å². The second kappa shape index (κ2) is 10.6. The maximum absolute atomic E-state index is 13.4. The van der Waals surface area contributed by atoms with Crippen molar-refractivity contribution < 1.29 is 4.79 Å². The molecule has 2 aliphatic heterocycles. The van der Waals surface area contributed by atoms with Gasteiger partial charge in [0.05, 0.1) is 0 Å². The fraction of sp³-hybridized carbons (Fsp3) is 0.478. The summed E-state index contributed by atoms with van der Waals surface area (Å²) in [4.78, 5) is 22.2. The third kappa shape index (κ3) is 4.97. The number of rotatable bonds is 2. The second-order valence-electron chi connectivity index (χ2n) is 8.25. The van der Waals surface area contributed by atoms with E-state index in [9.17, 15) is 4.79 Å². The molecule has 2 aliphatic rings. The Morgan fingerprint density at radius 3 is 2.63 bits per heavy atom. The SMILES string of the molecule is Cc1cnccc1-c1cccc(C(=O)N2CCCN(C)C3(CCNCC3)C2)c1.Cl.Cl. The first kappa shape index (κ1) is 24.6. The van der Waals surface area contributed by atoms with E-state index < -0.39 is 0 Å². The van der Waals surface area contributed by atoms with E-state index in [4.69, 9.17) is 0 Å². The van der Waals surface area contributed by atoms with E-state index in [1.54, 1.807) is 0 Å². The fourth-order valence-corrected chi connectivity index (χ4v) is 4.70. The smallest absolute Gasteiger partial charge is 0.253 e. The highest BCUT2D eigenvalue weighted by Gasteiger charge is 2.40. The number of halogens is 2. The average molecular weight is 451 g/mol. The molecular formula is C23H32Cl2N4O.